The van der Waals surface area contributed by atoms with E-state index in [0.29, 0.717) is 26.7 Å². The van der Waals surface area contributed by atoms with Crippen LogP contribution in [0.25, 0.3) is 11.5 Å². The van der Waals surface area contributed by atoms with E-state index in [0.717, 1.165) is 5.75 Å². The van der Waals surface area contributed by atoms with Crippen LogP contribution in [0.3, 0.4) is 0 Å². The van der Waals surface area contributed by atoms with Gasteiger partial charge in [-0.1, -0.05) is 67.6 Å². The molecule has 2 rings (SSSR count). The fourth-order valence-corrected chi connectivity index (χ4v) is 3.15. The first-order chi connectivity index (χ1) is 10.2. The maximum Gasteiger partial charge on any atom is 0.276 e. The summed E-state index contributed by atoms with van der Waals surface area (Å²) in [6.45, 7) is 2.22. The van der Waals surface area contributed by atoms with Crippen LogP contribution in [0, 0.1) is 0 Å². The standard InChI is InChI=1S/C15H18Cl2N2OS/c1-2-3-4-5-6-9-21-15-19-18-14(20-15)12-8-7-11(16)10-13(12)17/h7-8,10H,2-6,9H2,1H3. The van der Waals surface area contributed by atoms with Crippen LogP contribution in [-0.4, -0.2) is 16.0 Å². The van der Waals surface area contributed by atoms with Gasteiger partial charge in [-0.2, -0.15) is 0 Å². The molecule has 0 aliphatic carbocycles. The molecule has 1 aromatic carbocycles. The molecule has 1 heterocycles. The normalized spacial score (nSPS) is 11.0. The third-order valence-corrected chi connectivity index (χ3v) is 4.49. The molecule has 0 amide bonds. The fourth-order valence-electron chi connectivity index (χ4n) is 1.90. The van der Waals surface area contributed by atoms with E-state index in [1.807, 2.05) is 0 Å². The van der Waals surface area contributed by atoms with Gasteiger partial charge in [0.1, 0.15) is 0 Å². The number of unbranched alkanes of at least 4 members (excludes halogenated alkanes) is 4. The quantitative estimate of drug-likeness (QED) is 0.428. The highest BCUT2D eigenvalue weighted by Crippen LogP contribution is 2.31. The number of halogens is 2. The summed E-state index contributed by atoms with van der Waals surface area (Å²) in [7, 11) is 0. The predicted molar refractivity (Wildman–Crippen MR) is 89.2 cm³/mol. The highest BCUT2D eigenvalue weighted by Gasteiger charge is 2.12. The van der Waals surface area contributed by atoms with Crippen molar-refractivity contribution in [3.05, 3.63) is 28.2 Å². The van der Waals surface area contributed by atoms with Crippen LogP contribution < -0.4 is 0 Å². The van der Waals surface area contributed by atoms with Gasteiger partial charge in [-0.3, -0.25) is 0 Å². The lowest BCUT2D eigenvalue weighted by molar-refractivity contribution is 0.465. The molecular formula is C15H18Cl2N2OS. The summed E-state index contributed by atoms with van der Waals surface area (Å²) in [5.41, 5.74) is 0.711. The molecule has 3 nitrogen and oxygen atoms in total. The zero-order valence-electron chi connectivity index (χ0n) is 11.9. The average Bonchev–Trinajstić information content (AvgIpc) is 2.91. The highest BCUT2D eigenvalue weighted by molar-refractivity contribution is 7.99. The third kappa shape index (κ3) is 5.20. The Morgan fingerprint density at radius 3 is 2.67 bits per heavy atom. The van der Waals surface area contributed by atoms with Crippen molar-refractivity contribution in [2.45, 2.75) is 44.3 Å². The van der Waals surface area contributed by atoms with Gasteiger partial charge in [0.25, 0.3) is 5.22 Å². The van der Waals surface area contributed by atoms with Crippen LogP contribution in [0.2, 0.25) is 10.0 Å². The zero-order chi connectivity index (χ0) is 15.1. The van der Waals surface area contributed by atoms with Crippen molar-refractivity contribution in [2.24, 2.45) is 0 Å². The molecule has 0 saturated carbocycles. The maximum atomic E-state index is 6.13. The van der Waals surface area contributed by atoms with Gasteiger partial charge in [-0.05, 0) is 24.6 Å². The number of nitrogens with zero attached hydrogens (tertiary/aromatic N) is 2. The number of benzene rings is 1. The minimum atomic E-state index is 0.435. The molecule has 0 atom stereocenters. The van der Waals surface area contributed by atoms with Gasteiger partial charge in [0.15, 0.2) is 0 Å². The van der Waals surface area contributed by atoms with Gasteiger partial charge in [-0.25, -0.2) is 0 Å². The van der Waals surface area contributed by atoms with Crippen molar-refractivity contribution >= 4 is 35.0 Å². The van der Waals surface area contributed by atoms with Gasteiger partial charge in [0.05, 0.1) is 10.6 Å². The molecule has 114 valence electrons. The summed E-state index contributed by atoms with van der Waals surface area (Å²) in [4.78, 5) is 0. The maximum absolute atomic E-state index is 6.13. The summed E-state index contributed by atoms with van der Waals surface area (Å²) < 4.78 is 5.63. The second kappa shape index (κ2) is 8.66. The molecule has 0 aliphatic rings. The Bertz CT molecular complexity index is 575. The lowest BCUT2D eigenvalue weighted by atomic mass is 10.2. The number of hydrogen-bond donors (Lipinski definition) is 0. The van der Waals surface area contributed by atoms with Crippen molar-refractivity contribution in [3.8, 4) is 11.5 Å². The summed E-state index contributed by atoms with van der Waals surface area (Å²) in [5.74, 6) is 1.44. The van der Waals surface area contributed by atoms with Crippen molar-refractivity contribution in [3.63, 3.8) is 0 Å². The van der Waals surface area contributed by atoms with Gasteiger partial charge in [-0.15, -0.1) is 10.2 Å². The van der Waals surface area contributed by atoms with Crippen LogP contribution in [-0.2, 0) is 0 Å². The molecule has 0 radical (unpaired) electrons. The summed E-state index contributed by atoms with van der Waals surface area (Å²) in [6, 6.07) is 5.22. The van der Waals surface area contributed by atoms with Crippen LogP contribution in [0.1, 0.15) is 39.0 Å². The Balaban J connectivity index is 1.86. The van der Waals surface area contributed by atoms with E-state index in [2.05, 4.69) is 17.1 Å². The van der Waals surface area contributed by atoms with E-state index in [-0.39, 0.29) is 0 Å². The van der Waals surface area contributed by atoms with Crippen molar-refractivity contribution in [2.75, 3.05) is 5.75 Å². The summed E-state index contributed by atoms with van der Waals surface area (Å²) >= 11 is 13.6. The van der Waals surface area contributed by atoms with Crippen LogP contribution in [0.15, 0.2) is 27.8 Å². The van der Waals surface area contributed by atoms with Crippen molar-refractivity contribution in [1.29, 1.82) is 0 Å². The molecule has 6 heteroatoms. The Hall–Kier alpha value is -0.710. The Kier molecular flexibility index (Phi) is 6.87. The molecule has 0 fully saturated rings. The topological polar surface area (TPSA) is 38.9 Å². The number of aromatic nitrogens is 2. The minimum Gasteiger partial charge on any atom is -0.411 e. The van der Waals surface area contributed by atoms with E-state index in [1.165, 1.54) is 32.1 Å². The molecule has 0 bridgehead atoms. The monoisotopic (exact) mass is 344 g/mol. The zero-order valence-corrected chi connectivity index (χ0v) is 14.3. The van der Waals surface area contributed by atoms with E-state index in [9.17, 15) is 0 Å². The molecule has 0 aliphatic heterocycles. The van der Waals surface area contributed by atoms with Crippen LogP contribution in [0.5, 0.6) is 0 Å². The number of rotatable bonds is 8. The average molecular weight is 345 g/mol. The van der Waals surface area contributed by atoms with Crippen LogP contribution in [0.4, 0.5) is 0 Å². The molecular weight excluding hydrogens is 327 g/mol. The first-order valence-electron chi connectivity index (χ1n) is 7.12. The van der Waals surface area contributed by atoms with E-state index in [4.69, 9.17) is 27.6 Å². The Labute approximate surface area is 139 Å². The van der Waals surface area contributed by atoms with Crippen molar-refractivity contribution < 1.29 is 4.42 Å². The smallest absolute Gasteiger partial charge is 0.276 e. The van der Waals surface area contributed by atoms with Gasteiger partial charge in [0, 0.05) is 10.8 Å². The Morgan fingerprint density at radius 2 is 1.90 bits per heavy atom. The lowest BCUT2D eigenvalue weighted by Crippen LogP contribution is -1.82. The highest BCUT2D eigenvalue weighted by atomic mass is 35.5. The first-order valence-corrected chi connectivity index (χ1v) is 8.86. The minimum absolute atomic E-state index is 0.435. The lowest BCUT2D eigenvalue weighted by Gasteiger charge is -1.99. The molecule has 1 aromatic heterocycles. The van der Waals surface area contributed by atoms with Crippen molar-refractivity contribution in [1.82, 2.24) is 10.2 Å². The van der Waals surface area contributed by atoms with Gasteiger partial charge in [0.2, 0.25) is 5.89 Å². The third-order valence-electron chi connectivity index (χ3n) is 3.04. The molecule has 21 heavy (non-hydrogen) atoms. The largest absolute Gasteiger partial charge is 0.411 e. The van der Waals surface area contributed by atoms with Crippen LogP contribution >= 0.6 is 35.0 Å². The fraction of sp³-hybridized carbons (Fsp3) is 0.467. The van der Waals surface area contributed by atoms with E-state index in [1.54, 1.807) is 30.0 Å². The first kappa shape index (κ1) is 16.7. The molecule has 0 spiro atoms. The van der Waals surface area contributed by atoms with E-state index >= 15 is 0 Å². The number of hydrogen-bond acceptors (Lipinski definition) is 4. The molecule has 0 saturated heterocycles. The second-order valence-electron chi connectivity index (χ2n) is 4.76. The molecule has 2 aromatic rings. The molecule has 0 N–H and O–H groups in total. The molecule has 0 unspecified atom stereocenters. The summed E-state index contributed by atoms with van der Waals surface area (Å²) in [6.07, 6.45) is 6.30. The predicted octanol–water partition coefficient (Wildman–Crippen LogP) is 6.11. The summed E-state index contributed by atoms with van der Waals surface area (Å²) in [5, 5.41) is 9.78. The second-order valence-corrected chi connectivity index (χ2v) is 6.65. The van der Waals surface area contributed by atoms with Gasteiger partial charge >= 0.3 is 0 Å². The Morgan fingerprint density at radius 1 is 1.10 bits per heavy atom. The van der Waals surface area contributed by atoms with E-state index < -0.39 is 0 Å². The van der Waals surface area contributed by atoms with Gasteiger partial charge < -0.3 is 4.42 Å². The SMILES string of the molecule is CCCCCCCSc1nnc(-c2ccc(Cl)cc2Cl)o1. The number of thioether (sulfide) groups is 1.